The van der Waals surface area contributed by atoms with Gasteiger partial charge >= 0.3 is 0 Å². The van der Waals surface area contributed by atoms with E-state index in [1.165, 1.54) is 11.1 Å². The van der Waals surface area contributed by atoms with Crippen molar-refractivity contribution in [2.24, 2.45) is 5.92 Å². The predicted molar refractivity (Wildman–Crippen MR) is 58.8 cm³/mol. The van der Waals surface area contributed by atoms with Crippen LogP contribution in [0.3, 0.4) is 0 Å². The first-order valence-corrected chi connectivity index (χ1v) is 5.19. The lowest BCUT2D eigenvalue weighted by Crippen LogP contribution is -2.15. The van der Waals surface area contributed by atoms with E-state index < -0.39 is 0 Å². The highest BCUT2D eigenvalue weighted by Crippen LogP contribution is 2.37. The molecule has 0 saturated carbocycles. The highest BCUT2D eigenvalue weighted by molar-refractivity contribution is 5.69. The van der Waals surface area contributed by atoms with E-state index in [1.54, 1.807) is 0 Å². The molecule has 14 heavy (non-hydrogen) atoms. The van der Waals surface area contributed by atoms with Crippen LogP contribution >= 0.6 is 0 Å². The van der Waals surface area contributed by atoms with Crippen molar-refractivity contribution in [2.45, 2.75) is 26.4 Å². The normalized spacial score (nSPS) is 25.5. The van der Waals surface area contributed by atoms with Gasteiger partial charge < -0.3 is 5.11 Å². The minimum Gasteiger partial charge on any atom is -0.388 e. The monoisotopic (exact) mass is 188 g/mol. The average Bonchev–Trinajstić information content (AvgIpc) is 2.23. The van der Waals surface area contributed by atoms with Crippen LogP contribution in [0.15, 0.2) is 30.3 Å². The summed E-state index contributed by atoms with van der Waals surface area (Å²) in [6.45, 7) is 4.24. The van der Waals surface area contributed by atoms with Gasteiger partial charge in [0.05, 0.1) is 6.10 Å². The van der Waals surface area contributed by atoms with Crippen LogP contribution in [-0.2, 0) is 0 Å². The molecule has 1 N–H and O–H groups in total. The molecule has 1 nitrogen and oxygen atoms in total. The van der Waals surface area contributed by atoms with Gasteiger partial charge in [0.2, 0.25) is 0 Å². The van der Waals surface area contributed by atoms with Crippen LogP contribution in [0.4, 0.5) is 0 Å². The van der Waals surface area contributed by atoms with Crippen molar-refractivity contribution in [3.05, 3.63) is 41.5 Å². The van der Waals surface area contributed by atoms with E-state index in [0.29, 0.717) is 0 Å². The highest BCUT2D eigenvalue weighted by atomic mass is 16.3. The molecule has 0 saturated heterocycles. The van der Waals surface area contributed by atoms with Crippen molar-refractivity contribution < 1.29 is 5.11 Å². The number of aliphatic hydroxyl groups is 1. The summed E-state index contributed by atoms with van der Waals surface area (Å²) in [5, 5.41) is 10.1. The number of hydrogen-bond acceptors (Lipinski definition) is 1. The first-order chi connectivity index (χ1) is 6.74. The van der Waals surface area contributed by atoms with Crippen LogP contribution in [0.2, 0.25) is 0 Å². The number of fused-ring (bicyclic) bond motifs is 1. The van der Waals surface area contributed by atoms with E-state index in [2.05, 4.69) is 26.0 Å². The van der Waals surface area contributed by atoms with Crippen molar-refractivity contribution in [1.82, 2.24) is 0 Å². The Labute approximate surface area is 85.1 Å². The van der Waals surface area contributed by atoms with Gasteiger partial charge in [0, 0.05) is 5.92 Å². The molecule has 0 spiro atoms. The van der Waals surface area contributed by atoms with Gasteiger partial charge in [-0.25, -0.2) is 0 Å². The van der Waals surface area contributed by atoms with Crippen LogP contribution in [0, 0.1) is 5.92 Å². The fraction of sp³-hybridized carbons (Fsp3) is 0.385. The van der Waals surface area contributed by atoms with E-state index in [9.17, 15) is 5.11 Å². The molecule has 1 heteroatoms. The van der Waals surface area contributed by atoms with Gasteiger partial charge in [0.25, 0.3) is 0 Å². The van der Waals surface area contributed by atoms with Gasteiger partial charge in [-0.15, -0.1) is 0 Å². The Morgan fingerprint density at radius 1 is 1.29 bits per heavy atom. The number of hydrogen-bond donors (Lipinski definition) is 1. The molecule has 0 amide bonds. The number of rotatable bonds is 1. The zero-order valence-electron chi connectivity index (χ0n) is 8.70. The van der Waals surface area contributed by atoms with Gasteiger partial charge in [-0.3, -0.25) is 0 Å². The van der Waals surface area contributed by atoms with E-state index in [1.807, 2.05) is 18.2 Å². The molecule has 1 aromatic carbocycles. The largest absolute Gasteiger partial charge is 0.388 e. The SMILES string of the molecule is CC[C@@H]1C=C(C)c2ccccc2[C@H]1O. The van der Waals surface area contributed by atoms with Crippen molar-refractivity contribution in [1.29, 1.82) is 0 Å². The molecule has 0 unspecified atom stereocenters. The topological polar surface area (TPSA) is 20.2 Å². The molecule has 0 aromatic heterocycles. The van der Waals surface area contributed by atoms with Crippen molar-refractivity contribution in [3.8, 4) is 0 Å². The molecule has 1 aliphatic carbocycles. The minimum absolute atomic E-state index is 0.282. The summed E-state index contributed by atoms with van der Waals surface area (Å²) >= 11 is 0. The minimum atomic E-state index is -0.320. The second-order valence-electron chi connectivity index (χ2n) is 3.95. The van der Waals surface area contributed by atoms with E-state index in [0.717, 1.165) is 12.0 Å². The second kappa shape index (κ2) is 3.58. The smallest absolute Gasteiger partial charge is 0.0858 e. The Morgan fingerprint density at radius 2 is 2.00 bits per heavy atom. The first kappa shape index (κ1) is 9.47. The molecule has 74 valence electrons. The van der Waals surface area contributed by atoms with E-state index >= 15 is 0 Å². The molecule has 0 heterocycles. The Morgan fingerprint density at radius 3 is 2.71 bits per heavy atom. The molecule has 1 aromatic rings. The van der Waals surface area contributed by atoms with Crippen molar-refractivity contribution >= 4 is 5.57 Å². The summed E-state index contributed by atoms with van der Waals surface area (Å²) < 4.78 is 0. The molecule has 2 rings (SSSR count). The Bertz CT molecular complexity index is 365. The summed E-state index contributed by atoms with van der Waals surface area (Å²) in [5.74, 6) is 0.282. The lowest BCUT2D eigenvalue weighted by Gasteiger charge is -2.27. The molecule has 0 bridgehead atoms. The zero-order valence-corrected chi connectivity index (χ0v) is 8.70. The van der Waals surface area contributed by atoms with Crippen molar-refractivity contribution in [2.75, 3.05) is 0 Å². The standard InChI is InChI=1S/C13H16O/c1-3-10-8-9(2)11-6-4-5-7-12(11)13(10)14/h4-8,10,13-14H,3H2,1-2H3/t10-,13+/m1/s1. The fourth-order valence-electron chi connectivity index (χ4n) is 2.19. The Balaban J connectivity index is 2.51. The molecule has 0 radical (unpaired) electrons. The van der Waals surface area contributed by atoms with Gasteiger partial charge in [-0.2, -0.15) is 0 Å². The molecule has 0 aliphatic heterocycles. The average molecular weight is 188 g/mol. The quantitative estimate of drug-likeness (QED) is 0.717. The van der Waals surface area contributed by atoms with Crippen LogP contribution in [0.1, 0.15) is 37.5 Å². The highest BCUT2D eigenvalue weighted by Gasteiger charge is 2.24. The third-order valence-corrected chi connectivity index (χ3v) is 3.05. The molecule has 0 fully saturated rings. The zero-order chi connectivity index (χ0) is 10.1. The number of aliphatic hydroxyl groups excluding tert-OH is 1. The summed E-state index contributed by atoms with van der Waals surface area (Å²) in [7, 11) is 0. The van der Waals surface area contributed by atoms with Crippen molar-refractivity contribution in [3.63, 3.8) is 0 Å². The molecular weight excluding hydrogens is 172 g/mol. The van der Waals surface area contributed by atoms with E-state index in [4.69, 9.17) is 0 Å². The summed E-state index contributed by atoms with van der Waals surface area (Å²) in [4.78, 5) is 0. The maximum Gasteiger partial charge on any atom is 0.0858 e. The first-order valence-electron chi connectivity index (χ1n) is 5.19. The summed E-state index contributed by atoms with van der Waals surface area (Å²) in [5.41, 5.74) is 3.57. The Hall–Kier alpha value is -1.08. The summed E-state index contributed by atoms with van der Waals surface area (Å²) in [6, 6.07) is 8.12. The lowest BCUT2D eigenvalue weighted by atomic mass is 9.82. The summed E-state index contributed by atoms with van der Waals surface area (Å²) in [6.07, 6.45) is 2.86. The Kier molecular flexibility index (Phi) is 2.42. The number of allylic oxidation sites excluding steroid dienone is 1. The van der Waals surface area contributed by atoms with Gasteiger partial charge in [0.1, 0.15) is 0 Å². The molecular formula is C13H16O. The van der Waals surface area contributed by atoms with Gasteiger partial charge in [-0.05, 0) is 30.0 Å². The van der Waals surface area contributed by atoms with Crippen LogP contribution in [0.25, 0.3) is 5.57 Å². The van der Waals surface area contributed by atoms with Crippen LogP contribution < -0.4 is 0 Å². The lowest BCUT2D eigenvalue weighted by molar-refractivity contribution is 0.127. The fourth-order valence-corrected chi connectivity index (χ4v) is 2.19. The predicted octanol–water partition coefficient (Wildman–Crippen LogP) is 3.16. The third-order valence-electron chi connectivity index (χ3n) is 3.05. The third kappa shape index (κ3) is 1.38. The van der Waals surface area contributed by atoms with Gasteiger partial charge in [0.15, 0.2) is 0 Å². The number of benzene rings is 1. The molecule has 1 aliphatic rings. The molecule has 2 atom stereocenters. The maximum absolute atomic E-state index is 10.1. The second-order valence-corrected chi connectivity index (χ2v) is 3.95. The van der Waals surface area contributed by atoms with E-state index in [-0.39, 0.29) is 12.0 Å². The maximum atomic E-state index is 10.1. The van der Waals surface area contributed by atoms with Crippen LogP contribution in [-0.4, -0.2) is 5.11 Å². The van der Waals surface area contributed by atoms with Crippen LogP contribution in [0.5, 0.6) is 0 Å². The van der Waals surface area contributed by atoms with Gasteiger partial charge in [-0.1, -0.05) is 37.3 Å².